The average molecular weight is 289 g/mol. The van der Waals surface area contributed by atoms with Gasteiger partial charge in [0.15, 0.2) is 0 Å². The lowest BCUT2D eigenvalue weighted by Gasteiger charge is -2.22. The number of carbonyl (C=O) groups is 1. The molecule has 0 heterocycles. The van der Waals surface area contributed by atoms with Crippen molar-refractivity contribution in [3.05, 3.63) is 33.8 Å². The quantitative estimate of drug-likeness (QED) is 0.895. The van der Waals surface area contributed by atoms with Gasteiger partial charge in [0.2, 0.25) is 5.91 Å². The molecule has 0 saturated carbocycles. The minimum atomic E-state index is -0.877. The van der Waals surface area contributed by atoms with E-state index in [0.29, 0.717) is 16.5 Å². The molecular weight excluding hydrogens is 271 g/mol. The fourth-order valence-corrected chi connectivity index (χ4v) is 1.96. The molecule has 3 nitrogen and oxygen atoms in total. The summed E-state index contributed by atoms with van der Waals surface area (Å²) in [6, 6.07) is 5.30. The van der Waals surface area contributed by atoms with Gasteiger partial charge in [-0.15, -0.1) is 0 Å². The van der Waals surface area contributed by atoms with E-state index in [4.69, 9.17) is 28.9 Å². The van der Waals surface area contributed by atoms with Crippen LogP contribution in [0.5, 0.6) is 0 Å². The van der Waals surface area contributed by atoms with Crippen LogP contribution in [0.25, 0.3) is 0 Å². The maximum Gasteiger partial charge on any atom is 0.239 e. The van der Waals surface area contributed by atoms with Crippen molar-refractivity contribution in [2.24, 2.45) is 5.73 Å². The number of hydrogen-bond donors (Lipinski definition) is 2. The smallest absolute Gasteiger partial charge is 0.239 e. The monoisotopic (exact) mass is 288 g/mol. The van der Waals surface area contributed by atoms with E-state index in [-0.39, 0.29) is 11.9 Å². The summed E-state index contributed by atoms with van der Waals surface area (Å²) in [6.45, 7) is 5.25. The molecule has 1 atom stereocenters. The Morgan fingerprint density at radius 1 is 1.44 bits per heavy atom. The predicted octanol–water partition coefficient (Wildman–Crippen LogP) is 2.78. The fraction of sp³-hybridized carbons (Fsp3) is 0.462. The molecule has 18 heavy (non-hydrogen) atoms. The van der Waals surface area contributed by atoms with Crippen molar-refractivity contribution >= 4 is 29.1 Å². The molecule has 1 aromatic rings. The highest BCUT2D eigenvalue weighted by atomic mass is 35.5. The normalized spacial score (nSPS) is 13.2. The minimum Gasteiger partial charge on any atom is -0.352 e. The third-order valence-electron chi connectivity index (χ3n) is 2.50. The number of benzene rings is 1. The lowest BCUT2D eigenvalue weighted by atomic mass is 10.0. The molecule has 0 fully saturated rings. The Morgan fingerprint density at radius 3 is 2.56 bits per heavy atom. The first-order chi connectivity index (χ1) is 8.20. The van der Waals surface area contributed by atoms with Crippen LogP contribution in [0.4, 0.5) is 0 Å². The zero-order valence-corrected chi connectivity index (χ0v) is 12.3. The molecule has 1 unspecified atom stereocenters. The van der Waals surface area contributed by atoms with Crippen LogP contribution in [0.1, 0.15) is 26.3 Å². The molecule has 1 amide bonds. The van der Waals surface area contributed by atoms with Crippen LogP contribution in [-0.2, 0) is 11.2 Å². The SMILES string of the molecule is CC(Cc1ccc(Cl)cc1Cl)NC(=O)C(C)(C)N. The molecule has 0 radical (unpaired) electrons. The first-order valence-electron chi connectivity index (χ1n) is 5.74. The van der Waals surface area contributed by atoms with Gasteiger partial charge in [0.25, 0.3) is 0 Å². The second-order valence-electron chi connectivity index (χ2n) is 5.04. The Labute approximate surface area is 118 Å². The van der Waals surface area contributed by atoms with E-state index in [1.165, 1.54) is 0 Å². The predicted molar refractivity (Wildman–Crippen MR) is 76.0 cm³/mol. The van der Waals surface area contributed by atoms with Crippen molar-refractivity contribution < 1.29 is 4.79 Å². The molecule has 1 rings (SSSR count). The Balaban J connectivity index is 2.65. The second-order valence-corrected chi connectivity index (χ2v) is 5.88. The van der Waals surface area contributed by atoms with Gasteiger partial charge in [-0.3, -0.25) is 4.79 Å². The molecule has 0 bridgehead atoms. The number of carbonyl (C=O) groups excluding carboxylic acids is 1. The van der Waals surface area contributed by atoms with Gasteiger partial charge in [0.05, 0.1) is 5.54 Å². The lowest BCUT2D eigenvalue weighted by molar-refractivity contribution is -0.125. The number of nitrogens with one attached hydrogen (secondary N) is 1. The van der Waals surface area contributed by atoms with Crippen molar-refractivity contribution in [1.82, 2.24) is 5.32 Å². The molecule has 0 aromatic heterocycles. The zero-order chi connectivity index (χ0) is 13.9. The van der Waals surface area contributed by atoms with E-state index in [1.54, 1.807) is 26.0 Å². The molecule has 100 valence electrons. The second kappa shape index (κ2) is 5.91. The summed E-state index contributed by atoms with van der Waals surface area (Å²) in [4.78, 5) is 11.7. The largest absolute Gasteiger partial charge is 0.352 e. The van der Waals surface area contributed by atoms with Gasteiger partial charge in [0.1, 0.15) is 0 Å². The highest BCUT2D eigenvalue weighted by molar-refractivity contribution is 6.35. The van der Waals surface area contributed by atoms with Gasteiger partial charge in [-0.1, -0.05) is 29.3 Å². The third-order valence-corrected chi connectivity index (χ3v) is 3.09. The van der Waals surface area contributed by atoms with Crippen LogP contribution in [0, 0.1) is 0 Å². The van der Waals surface area contributed by atoms with Crippen LogP contribution < -0.4 is 11.1 Å². The summed E-state index contributed by atoms with van der Waals surface area (Å²) in [7, 11) is 0. The van der Waals surface area contributed by atoms with Crippen molar-refractivity contribution in [2.45, 2.75) is 38.8 Å². The number of nitrogens with two attached hydrogens (primary N) is 1. The van der Waals surface area contributed by atoms with Crippen LogP contribution in [-0.4, -0.2) is 17.5 Å². The molecule has 5 heteroatoms. The summed E-state index contributed by atoms with van der Waals surface area (Å²) < 4.78 is 0. The number of halogens is 2. The minimum absolute atomic E-state index is 0.0426. The van der Waals surface area contributed by atoms with Crippen molar-refractivity contribution in [3.63, 3.8) is 0 Å². The van der Waals surface area contributed by atoms with Crippen LogP contribution >= 0.6 is 23.2 Å². The Kier molecular flexibility index (Phi) is 5.02. The number of hydrogen-bond acceptors (Lipinski definition) is 2. The Hall–Kier alpha value is -0.770. The molecule has 1 aromatic carbocycles. The molecule has 3 N–H and O–H groups in total. The molecule has 0 aliphatic rings. The van der Waals surface area contributed by atoms with Gasteiger partial charge in [-0.05, 0) is 44.9 Å². The van der Waals surface area contributed by atoms with Gasteiger partial charge in [0, 0.05) is 16.1 Å². The number of rotatable bonds is 4. The lowest BCUT2D eigenvalue weighted by Crippen LogP contribution is -2.51. The van der Waals surface area contributed by atoms with Crippen LogP contribution in [0.2, 0.25) is 10.0 Å². The maximum atomic E-state index is 11.7. The Morgan fingerprint density at radius 2 is 2.06 bits per heavy atom. The van der Waals surface area contributed by atoms with E-state index in [2.05, 4.69) is 5.32 Å². The first kappa shape index (κ1) is 15.3. The highest BCUT2D eigenvalue weighted by Gasteiger charge is 2.23. The molecular formula is C13H18Cl2N2O. The van der Waals surface area contributed by atoms with Crippen molar-refractivity contribution in [1.29, 1.82) is 0 Å². The Bertz CT molecular complexity index is 441. The number of amides is 1. The van der Waals surface area contributed by atoms with Gasteiger partial charge < -0.3 is 11.1 Å². The van der Waals surface area contributed by atoms with E-state index in [1.807, 2.05) is 13.0 Å². The van der Waals surface area contributed by atoms with E-state index < -0.39 is 5.54 Å². The summed E-state index contributed by atoms with van der Waals surface area (Å²) >= 11 is 11.9. The van der Waals surface area contributed by atoms with E-state index in [0.717, 1.165) is 5.56 Å². The molecule has 0 aliphatic heterocycles. The standard InChI is InChI=1S/C13H18Cl2N2O/c1-8(17-12(18)13(2,3)16)6-9-4-5-10(14)7-11(9)15/h4-5,7-8H,6,16H2,1-3H3,(H,17,18). The van der Waals surface area contributed by atoms with Crippen LogP contribution in [0.3, 0.4) is 0 Å². The van der Waals surface area contributed by atoms with Crippen LogP contribution in [0.15, 0.2) is 18.2 Å². The van der Waals surface area contributed by atoms with Crippen molar-refractivity contribution in [3.8, 4) is 0 Å². The van der Waals surface area contributed by atoms with E-state index in [9.17, 15) is 4.79 Å². The topological polar surface area (TPSA) is 55.1 Å². The first-order valence-corrected chi connectivity index (χ1v) is 6.49. The maximum absolute atomic E-state index is 11.7. The fourth-order valence-electron chi connectivity index (χ4n) is 1.48. The van der Waals surface area contributed by atoms with Crippen molar-refractivity contribution in [2.75, 3.05) is 0 Å². The molecule has 0 saturated heterocycles. The zero-order valence-electron chi connectivity index (χ0n) is 10.8. The summed E-state index contributed by atoms with van der Waals surface area (Å²) in [6.07, 6.45) is 0.637. The van der Waals surface area contributed by atoms with E-state index >= 15 is 0 Å². The molecule has 0 aliphatic carbocycles. The van der Waals surface area contributed by atoms with Gasteiger partial charge in [-0.25, -0.2) is 0 Å². The summed E-state index contributed by atoms with van der Waals surface area (Å²) in [5, 5.41) is 4.06. The van der Waals surface area contributed by atoms with Gasteiger partial charge in [-0.2, -0.15) is 0 Å². The highest BCUT2D eigenvalue weighted by Crippen LogP contribution is 2.22. The van der Waals surface area contributed by atoms with Gasteiger partial charge >= 0.3 is 0 Å². The summed E-state index contributed by atoms with van der Waals surface area (Å²) in [5.74, 6) is -0.180. The third kappa shape index (κ3) is 4.48. The average Bonchev–Trinajstić information content (AvgIpc) is 2.20. The summed E-state index contributed by atoms with van der Waals surface area (Å²) in [5.41, 5.74) is 5.79. The molecule has 0 spiro atoms.